The van der Waals surface area contributed by atoms with E-state index in [1.54, 1.807) is 13.8 Å². The van der Waals surface area contributed by atoms with Crippen molar-refractivity contribution in [3.63, 3.8) is 0 Å². The standard InChI is InChI=1S/C19H26O9/c1-11(20)8-26-17(22)14-5-6-15(18(23)27-9-12(2)21)16(7-14)19(24)28-10-13(3)25-4/h5-7,11-13,20-21H,8-10H2,1-4H3/i20T,21T. The highest BCUT2D eigenvalue weighted by Gasteiger charge is 2.23. The van der Waals surface area contributed by atoms with Crippen LogP contribution in [0.4, 0.5) is 0 Å². The number of methoxy groups -OCH3 is 1. The third kappa shape index (κ3) is 7.63. The fourth-order valence-corrected chi connectivity index (χ4v) is 1.90. The summed E-state index contributed by atoms with van der Waals surface area (Å²) in [7, 11) is 1.45. The molecule has 156 valence electrons. The van der Waals surface area contributed by atoms with Gasteiger partial charge in [-0.1, -0.05) is 0 Å². The maximum absolute atomic E-state index is 12.5. The van der Waals surface area contributed by atoms with Gasteiger partial charge in [0.15, 0.2) is 0 Å². The topological polar surface area (TPSA) is 129 Å². The summed E-state index contributed by atoms with van der Waals surface area (Å²) >= 11 is 0. The molecule has 28 heavy (non-hydrogen) atoms. The first-order valence-electron chi connectivity index (χ1n) is 9.47. The predicted octanol–water partition coefficient (Wildman–Crippen LogP) is 0.953. The van der Waals surface area contributed by atoms with Crippen LogP contribution in [0.5, 0.6) is 0 Å². The Morgan fingerprint density at radius 3 is 2.00 bits per heavy atom. The van der Waals surface area contributed by atoms with Crippen molar-refractivity contribution >= 4 is 17.9 Å². The summed E-state index contributed by atoms with van der Waals surface area (Å²) < 4.78 is 33.8. The first-order valence-corrected chi connectivity index (χ1v) is 8.65. The molecule has 0 radical (unpaired) electrons. The van der Waals surface area contributed by atoms with Crippen molar-refractivity contribution in [2.24, 2.45) is 0 Å². The third-order valence-electron chi connectivity index (χ3n) is 3.44. The van der Waals surface area contributed by atoms with Gasteiger partial charge in [0.2, 0.25) is 2.86 Å². The zero-order chi connectivity index (χ0) is 22.7. The molecule has 0 fully saturated rings. The Balaban J connectivity index is 3.09. The lowest BCUT2D eigenvalue weighted by atomic mass is 10.0. The van der Waals surface area contributed by atoms with E-state index in [0.29, 0.717) is 0 Å². The molecule has 0 amide bonds. The van der Waals surface area contributed by atoms with Crippen LogP contribution in [-0.4, -0.2) is 76.2 Å². The summed E-state index contributed by atoms with van der Waals surface area (Å²) in [4.78, 5) is 37.2. The molecule has 0 heterocycles. The summed E-state index contributed by atoms with van der Waals surface area (Å²) in [5.74, 6) is -2.47. The zero-order valence-corrected chi connectivity index (χ0v) is 16.3. The molecule has 2 N–H and O–H groups in total. The Kier molecular flexibility index (Phi) is 8.23. The van der Waals surface area contributed by atoms with E-state index in [0.717, 1.165) is 6.07 Å². The van der Waals surface area contributed by atoms with Crippen molar-refractivity contribution in [2.45, 2.75) is 39.1 Å². The number of benzene rings is 1. The smallest absolute Gasteiger partial charge is 0.339 e. The summed E-state index contributed by atoms with van der Waals surface area (Å²) in [5.41, 5.74) is -0.318. The molecule has 0 aliphatic heterocycles. The van der Waals surface area contributed by atoms with E-state index in [9.17, 15) is 14.4 Å². The van der Waals surface area contributed by atoms with Gasteiger partial charge >= 0.3 is 17.9 Å². The Labute approximate surface area is 166 Å². The van der Waals surface area contributed by atoms with Crippen molar-refractivity contribution in [1.29, 1.82) is 2.86 Å². The largest absolute Gasteiger partial charge is 0.459 e. The number of aliphatic hydroxyl groups excluding tert-OH is 2. The van der Waals surface area contributed by atoms with Gasteiger partial charge in [-0.2, -0.15) is 0 Å². The first kappa shape index (κ1) is 20.2. The lowest BCUT2D eigenvalue weighted by Crippen LogP contribution is -2.22. The van der Waals surface area contributed by atoms with Crippen molar-refractivity contribution in [3.05, 3.63) is 34.9 Å². The molecular weight excluding hydrogens is 372 g/mol. The van der Waals surface area contributed by atoms with Crippen LogP contribution < -0.4 is 0 Å². The summed E-state index contributed by atoms with van der Waals surface area (Å²) in [6, 6.07) is 3.70. The number of esters is 3. The number of carbonyl (C=O) groups excluding carboxylic acids is 3. The highest BCUT2D eigenvalue weighted by atomic mass is 16.6. The third-order valence-corrected chi connectivity index (χ3v) is 3.44. The number of ether oxygens (including phenoxy) is 4. The van der Waals surface area contributed by atoms with Crippen molar-refractivity contribution < 1.29 is 43.5 Å². The number of rotatable bonds is 12. The highest BCUT2D eigenvalue weighted by Crippen LogP contribution is 2.17. The average Bonchev–Trinajstić information content (AvgIpc) is 2.77. The molecule has 0 saturated carbocycles. The summed E-state index contributed by atoms with van der Waals surface area (Å²) in [6.45, 7) is 4.33. The molecule has 9 nitrogen and oxygen atoms in total. The van der Waals surface area contributed by atoms with Gasteiger partial charge in [-0.15, -0.1) is 0 Å². The van der Waals surface area contributed by atoms with Gasteiger partial charge in [0.25, 0.3) is 0 Å². The van der Waals surface area contributed by atoms with E-state index in [1.807, 2.05) is 0 Å². The maximum atomic E-state index is 12.5. The first-order chi connectivity index (χ1) is 14.2. The van der Waals surface area contributed by atoms with Crippen LogP contribution in [-0.2, 0) is 18.9 Å². The normalized spacial score (nSPS) is 14.9. The molecule has 3 atom stereocenters. The van der Waals surface area contributed by atoms with Gasteiger partial charge in [-0.25, -0.2) is 14.4 Å². The quantitative estimate of drug-likeness (QED) is 0.388. The molecule has 3 unspecified atom stereocenters. The van der Waals surface area contributed by atoms with Crippen LogP contribution in [0.25, 0.3) is 0 Å². The predicted molar refractivity (Wildman–Crippen MR) is 97.1 cm³/mol. The molecule has 9 heteroatoms. The van der Waals surface area contributed by atoms with E-state index in [2.05, 4.69) is 10.2 Å². The highest BCUT2D eigenvalue weighted by molar-refractivity contribution is 6.05. The molecule has 0 bridgehead atoms. The van der Waals surface area contributed by atoms with Crippen LogP contribution in [0.2, 0.25) is 0 Å². The zero-order valence-electron chi connectivity index (χ0n) is 18.3. The molecule has 0 spiro atoms. The fourth-order valence-electron chi connectivity index (χ4n) is 1.90. The Morgan fingerprint density at radius 2 is 1.43 bits per heavy atom. The molecule has 1 rings (SSSR count). The molecule has 0 aliphatic rings. The number of carbonyl (C=O) groups is 3. The lowest BCUT2D eigenvalue weighted by molar-refractivity contribution is 0.0159. The van der Waals surface area contributed by atoms with E-state index >= 15 is 0 Å². The van der Waals surface area contributed by atoms with Crippen molar-refractivity contribution in [2.75, 3.05) is 26.9 Å². The van der Waals surface area contributed by atoms with Crippen molar-refractivity contribution in [3.8, 4) is 0 Å². The second kappa shape index (κ2) is 11.4. The van der Waals surface area contributed by atoms with Crippen LogP contribution in [0.3, 0.4) is 0 Å². The molecule has 0 saturated heterocycles. The lowest BCUT2D eigenvalue weighted by Gasteiger charge is -2.14. The average molecular weight is 402 g/mol. The van der Waals surface area contributed by atoms with Gasteiger partial charge in [0.05, 0.1) is 35.0 Å². The Morgan fingerprint density at radius 1 is 0.893 bits per heavy atom. The van der Waals surface area contributed by atoms with E-state index in [4.69, 9.17) is 21.8 Å². The van der Waals surface area contributed by atoms with Gasteiger partial charge in [-0.05, 0) is 39.0 Å². The SMILES string of the molecule is [3H]OC(C)COC(=O)c1ccc(C(=O)OCC(C)O[3H])c(C(=O)OCC(C)OC)c1. The second-order valence-electron chi connectivity index (χ2n) is 6.22. The summed E-state index contributed by atoms with van der Waals surface area (Å²) in [5, 5.41) is 8.55. The Bertz CT molecular complexity index is 726. The molecule has 1 aromatic rings. The van der Waals surface area contributed by atoms with Gasteiger partial charge < -0.3 is 29.2 Å². The number of aliphatic hydroxyl groups is 2. The van der Waals surface area contributed by atoms with Gasteiger partial charge in [0, 0.05) is 7.11 Å². The van der Waals surface area contributed by atoms with Crippen LogP contribution in [0.15, 0.2) is 18.2 Å². The van der Waals surface area contributed by atoms with Gasteiger partial charge in [-0.3, -0.25) is 0 Å². The Hall–Kier alpha value is -2.49. The minimum absolute atomic E-state index is 0.00155. The maximum Gasteiger partial charge on any atom is 0.339 e. The molecular formula is C19H26O9. The second-order valence-corrected chi connectivity index (χ2v) is 6.22. The van der Waals surface area contributed by atoms with Crippen LogP contribution in [0.1, 0.15) is 51.8 Å². The van der Waals surface area contributed by atoms with E-state index in [1.165, 1.54) is 26.2 Å². The van der Waals surface area contributed by atoms with Crippen LogP contribution >= 0.6 is 0 Å². The fraction of sp³-hybridized carbons (Fsp3) is 0.526. The van der Waals surface area contributed by atoms with Gasteiger partial charge in [0.1, 0.15) is 19.8 Å². The molecule has 0 aromatic heterocycles. The molecule has 0 aliphatic carbocycles. The minimum Gasteiger partial charge on any atom is -0.459 e. The van der Waals surface area contributed by atoms with E-state index < -0.39 is 30.1 Å². The summed E-state index contributed by atoms with van der Waals surface area (Å²) in [6.07, 6.45) is -1.68. The van der Waals surface area contributed by atoms with Crippen molar-refractivity contribution in [1.82, 2.24) is 0 Å². The number of hydrogen-bond acceptors (Lipinski definition) is 9. The van der Waals surface area contributed by atoms with E-state index in [-0.39, 0.29) is 42.6 Å². The van der Waals surface area contributed by atoms with Crippen LogP contribution in [0, 0.1) is 0 Å². The molecule has 1 aromatic carbocycles. The number of hydrogen-bond donors (Lipinski definition) is 2. The monoisotopic (exact) mass is 402 g/mol. The minimum atomic E-state index is -0.854.